The van der Waals surface area contributed by atoms with Crippen LogP contribution in [0.4, 0.5) is 0 Å². The van der Waals surface area contributed by atoms with E-state index in [2.05, 4.69) is 103 Å². The van der Waals surface area contributed by atoms with Crippen LogP contribution in [-0.4, -0.2) is 5.66 Å². The highest BCUT2D eigenvalue weighted by atomic mass is 79.9. The van der Waals surface area contributed by atoms with Gasteiger partial charge in [-0.15, -0.1) is 0 Å². The molecule has 0 aliphatic heterocycles. The van der Waals surface area contributed by atoms with Crippen LogP contribution in [0.2, 0.25) is 0 Å². The molecule has 0 radical (unpaired) electrons. The second-order valence-electron chi connectivity index (χ2n) is 5.60. The Morgan fingerprint density at radius 2 is 0.783 bits per heavy atom. The highest BCUT2D eigenvalue weighted by molar-refractivity contribution is 7.96. The lowest BCUT2D eigenvalue weighted by Gasteiger charge is -2.27. The van der Waals surface area contributed by atoms with Crippen LogP contribution < -0.4 is 32.9 Å². The number of hydrogen-bond donors (Lipinski definition) is 0. The van der Waals surface area contributed by atoms with Gasteiger partial charge in [-0.25, -0.2) is 0 Å². The molecule has 2 heteroatoms. The van der Waals surface area contributed by atoms with Crippen molar-refractivity contribution in [1.82, 2.24) is 0 Å². The van der Waals surface area contributed by atoms with Crippen molar-refractivity contribution in [3.63, 3.8) is 0 Å². The zero-order valence-corrected chi connectivity index (χ0v) is 15.2. The van der Waals surface area contributed by atoms with E-state index in [0.29, 0.717) is 5.66 Å². The molecule has 0 bridgehead atoms. The predicted molar refractivity (Wildman–Crippen MR) is 98.1 cm³/mol. The smallest absolute Gasteiger partial charge is 0.122 e. The predicted octanol–water partition coefficient (Wildman–Crippen LogP) is 0.923. The fourth-order valence-corrected chi connectivity index (χ4v) is 7.73. The van der Waals surface area contributed by atoms with Gasteiger partial charge >= 0.3 is 0 Å². The van der Waals surface area contributed by atoms with Crippen molar-refractivity contribution in [2.75, 3.05) is 0 Å². The summed E-state index contributed by atoms with van der Waals surface area (Å²) in [6.07, 6.45) is 4.72. The maximum Gasteiger partial charge on any atom is 0.122 e. The quantitative estimate of drug-likeness (QED) is 0.466. The van der Waals surface area contributed by atoms with E-state index < -0.39 is 7.26 Å². The van der Waals surface area contributed by atoms with Crippen LogP contribution >= 0.6 is 7.26 Å². The van der Waals surface area contributed by atoms with E-state index in [1.54, 1.807) is 0 Å². The van der Waals surface area contributed by atoms with E-state index in [1.807, 2.05) is 0 Å². The van der Waals surface area contributed by atoms with Crippen molar-refractivity contribution in [3.8, 4) is 0 Å². The van der Waals surface area contributed by atoms with E-state index >= 15 is 0 Å². The fraction of sp³-hybridized carbons (Fsp3) is 0.0476. The first-order chi connectivity index (χ1) is 10.9. The Morgan fingerprint density at radius 1 is 0.478 bits per heavy atom. The highest BCUT2D eigenvalue weighted by Gasteiger charge is 2.53. The van der Waals surface area contributed by atoms with Gasteiger partial charge in [-0.05, 0) is 48.6 Å². The molecule has 0 saturated heterocycles. The maximum absolute atomic E-state index is 2.36. The van der Waals surface area contributed by atoms with Gasteiger partial charge in [-0.3, -0.25) is 0 Å². The Balaban J connectivity index is 0.00000156. The number of allylic oxidation sites excluding steroid dienone is 2. The molecule has 0 amide bonds. The summed E-state index contributed by atoms with van der Waals surface area (Å²) in [4.78, 5) is 0. The summed E-state index contributed by atoms with van der Waals surface area (Å²) in [5, 5.41) is 4.38. The van der Waals surface area contributed by atoms with Crippen molar-refractivity contribution in [3.05, 3.63) is 103 Å². The number of rotatable bonds is 4. The standard InChI is InChI=1S/C21H18P.BrH/c1-4-10-18(11-5-1)22(21-16-17-21,19-12-6-2-7-13-19)20-14-8-3-9-15-20;/h1-17,21H;1H/q+1;/p-1. The molecule has 0 unspecified atom stereocenters. The van der Waals surface area contributed by atoms with Gasteiger partial charge in [0.05, 0.1) is 0 Å². The van der Waals surface area contributed by atoms with Crippen LogP contribution in [0.15, 0.2) is 103 Å². The van der Waals surface area contributed by atoms with Gasteiger partial charge in [-0.2, -0.15) is 0 Å². The molecule has 1 aliphatic rings. The summed E-state index contributed by atoms with van der Waals surface area (Å²) in [5.41, 5.74) is 0.555. The van der Waals surface area contributed by atoms with Crippen LogP contribution in [0.5, 0.6) is 0 Å². The van der Waals surface area contributed by atoms with Gasteiger partial charge in [0.15, 0.2) is 0 Å². The van der Waals surface area contributed by atoms with Crippen LogP contribution in [0, 0.1) is 0 Å². The molecule has 3 aromatic carbocycles. The Hall–Kier alpha value is -1.69. The van der Waals surface area contributed by atoms with Gasteiger partial charge in [0.1, 0.15) is 28.8 Å². The lowest BCUT2D eigenvalue weighted by molar-refractivity contribution is -0.00000414. The molecule has 0 aromatic heterocycles. The third-order valence-corrected chi connectivity index (χ3v) is 8.88. The lowest BCUT2D eigenvalue weighted by Crippen LogP contribution is -3.00. The second-order valence-corrected chi connectivity index (χ2v) is 9.20. The Kier molecular flexibility index (Phi) is 4.80. The maximum atomic E-state index is 2.36. The molecule has 0 N–H and O–H groups in total. The Morgan fingerprint density at radius 3 is 1.04 bits per heavy atom. The largest absolute Gasteiger partial charge is 1.00 e. The molecule has 0 atom stereocenters. The van der Waals surface area contributed by atoms with Gasteiger partial charge in [0.25, 0.3) is 0 Å². The van der Waals surface area contributed by atoms with E-state index in [9.17, 15) is 0 Å². The summed E-state index contributed by atoms with van der Waals surface area (Å²) < 4.78 is 0. The second kappa shape index (κ2) is 6.83. The van der Waals surface area contributed by atoms with E-state index in [4.69, 9.17) is 0 Å². The van der Waals surface area contributed by atoms with Crippen molar-refractivity contribution < 1.29 is 17.0 Å². The zero-order valence-electron chi connectivity index (χ0n) is 12.7. The molecule has 0 heterocycles. The van der Waals surface area contributed by atoms with Gasteiger partial charge in [-0.1, -0.05) is 54.6 Å². The first-order valence-electron chi connectivity index (χ1n) is 7.66. The first kappa shape index (κ1) is 16.2. The van der Waals surface area contributed by atoms with Crippen LogP contribution in [-0.2, 0) is 0 Å². The van der Waals surface area contributed by atoms with Gasteiger partial charge in [0, 0.05) is 0 Å². The third-order valence-electron chi connectivity index (χ3n) is 4.30. The molecule has 114 valence electrons. The number of halogens is 1. The van der Waals surface area contributed by atoms with Crippen molar-refractivity contribution in [2.45, 2.75) is 5.66 Å². The summed E-state index contributed by atoms with van der Waals surface area (Å²) >= 11 is 0. The summed E-state index contributed by atoms with van der Waals surface area (Å²) in [7, 11) is -1.63. The van der Waals surface area contributed by atoms with Gasteiger partial charge < -0.3 is 17.0 Å². The average molecular weight is 381 g/mol. The fourth-order valence-electron chi connectivity index (χ4n) is 3.26. The monoisotopic (exact) mass is 380 g/mol. The minimum Gasteiger partial charge on any atom is -1.00 e. The normalized spacial score (nSPS) is 13.4. The minimum atomic E-state index is -1.63. The van der Waals surface area contributed by atoms with Crippen LogP contribution in [0.1, 0.15) is 0 Å². The van der Waals surface area contributed by atoms with Crippen molar-refractivity contribution >= 4 is 23.2 Å². The first-order valence-corrected chi connectivity index (χ1v) is 9.52. The van der Waals surface area contributed by atoms with E-state index in [0.717, 1.165) is 0 Å². The molecule has 1 aliphatic carbocycles. The van der Waals surface area contributed by atoms with Gasteiger partial charge in [0.2, 0.25) is 0 Å². The summed E-state index contributed by atoms with van der Waals surface area (Å²) in [6.45, 7) is 0. The number of hydrogen-bond acceptors (Lipinski definition) is 0. The molecule has 23 heavy (non-hydrogen) atoms. The Labute approximate surface area is 149 Å². The highest BCUT2D eigenvalue weighted by Crippen LogP contribution is 2.64. The molecular weight excluding hydrogens is 363 g/mol. The lowest BCUT2D eigenvalue weighted by atomic mass is 10.4. The van der Waals surface area contributed by atoms with Crippen molar-refractivity contribution in [2.24, 2.45) is 0 Å². The molecule has 3 aromatic rings. The minimum absolute atomic E-state index is 0. The molecule has 4 rings (SSSR count). The SMILES string of the molecule is C1=CC1[P+](c1ccccc1)(c1ccccc1)c1ccccc1.[Br-]. The molecular formula is C21H18BrP. The topological polar surface area (TPSA) is 0 Å². The van der Waals surface area contributed by atoms with E-state index in [1.165, 1.54) is 15.9 Å². The third kappa shape index (κ3) is 2.80. The van der Waals surface area contributed by atoms with Crippen LogP contribution in [0.3, 0.4) is 0 Å². The molecule has 0 nitrogen and oxygen atoms in total. The molecule has 0 saturated carbocycles. The average Bonchev–Trinajstić information content (AvgIpc) is 3.44. The summed E-state index contributed by atoms with van der Waals surface area (Å²) in [5.74, 6) is 0. The summed E-state index contributed by atoms with van der Waals surface area (Å²) in [6, 6.07) is 33.1. The molecule has 0 spiro atoms. The number of benzene rings is 3. The zero-order chi connectivity index (χ0) is 14.8. The molecule has 0 fully saturated rings. The van der Waals surface area contributed by atoms with E-state index in [-0.39, 0.29) is 17.0 Å². The van der Waals surface area contributed by atoms with Crippen LogP contribution in [0.25, 0.3) is 0 Å². The van der Waals surface area contributed by atoms with Crippen molar-refractivity contribution in [1.29, 1.82) is 0 Å². The Bertz CT molecular complexity index is 679.